The molecule has 0 fully saturated rings. The number of alkyl halides is 3. The Labute approximate surface area is 146 Å². The van der Waals surface area contributed by atoms with Gasteiger partial charge in [0.05, 0.1) is 6.54 Å². The molecule has 1 aromatic heterocycles. The molecular weight excluding hydrogens is 359 g/mol. The maximum absolute atomic E-state index is 12.8. The van der Waals surface area contributed by atoms with E-state index >= 15 is 0 Å². The van der Waals surface area contributed by atoms with Crippen LogP contribution in [0.5, 0.6) is 0 Å². The van der Waals surface area contributed by atoms with Gasteiger partial charge in [0, 0.05) is 24.7 Å². The fraction of sp³-hybridized carbons (Fsp3) is 0.400. The van der Waals surface area contributed by atoms with E-state index in [-0.39, 0.29) is 31.5 Å². The maximum atomic E-state index is 12.8. The van der Waals surface area contributed by atoms with Crippen molar-refractivity contribution in [2.24, 2.45) is 0 Å². The van der Waals surface area contributed by atoms with Crippen LogP contribution in [-0.2, 0) is 25.8 Å². The number of carbonyl (C=O) groups is 1. The second kappa shape index (κ2) is 6.55. The number of nitrogens with zero attached hydrogens (tertiary/aromatic N) is 4. The number of benzene rings is 1. The first-order valence-corrected chi connectivity index (χ1v) is 7.90. The zero-order valence-corrected chi connectivity index (χ0v) is 14.0. The zero-order valence-electron chi connectivity index (χ0n) is 13.3. The van der Waals surface area contributed by atoms with Gasteiger partial charge in [-0.05, 0) is 24.1 Å². The van der Waals surface area contributed by atoms with E-state index in [9.17, 15) is 18.0 Å². The number of nitrogens with one attached hydrogen (secondary N) is 1. The van der Waals surface area contributed by atoms with E-state index < -0.39 is 12.0 Å². The van der Waals surface area contributed by atoms with Gasteiger partial charge in [0.2, 0.25) is 5.82 Å². The Morgan fingerprint density at radius 3 is 2.76 bits per heavy atom. The monoisotopic (exact) mass is 373 g/mol. The number of hydrogen-bond acceptors (Lipinski definition) is 3. The first-order valence-electron chi connectivity index (χ1n) is 7.53. The van der Waals surface area contributed by atoms with Gasteiger partial charge in [-0.1, -0.05) is 23.7 Å². The zero-order chi connectivity index (χ0) is 18.2. The van der Waals surface area contributed by atoms with E-state index in [2.05, 4.69) is 15.5 Å². The highest BCUT2D eigenvalue weighted by atomic mass is 35.5. The quantitative estimate of drug-likeness (QED) is 0.880. The Balaban J connectivity index is 1.63. The average Bonchev–Trinajstić information content (AvgIpc) is 2.99. The van der Waals surface area contributed by atoms with Gasteiger partial charge >= 0.3 is 12.2 Å². The average molecular weight is 374 g/mol. The molecule has 134 valence electrons. The summed E-state index contributed by atoms with van der Waals surface area (Å²) in [6.07, 6.45) is -4.55. The Morgan fingerprint density at radius 1 is 1.32 bits per heavy atom. The minimum atomic E-state index is -4.55. The van der Waals surface area contributed by atoms with Crippen molar-refractivity contribution in [2.45, 2.75) is 32.7 Å². The highest BCUT2D eigenvalue weighted by Gasteiger charge is 2.39. The van der Waals surface area contributed by atoms with Crippen LogP contribution in [0.4, 0.5) is 18.0 Å². The van der Waals surface area contributed by atoms with Crippen molar-refractivity contribution >= 4 is 17.6 Å². The van der Waals surface area contributed by atoms with Gasteiger partial charge in [0.1, 0.15) is 0 Å². The number of urea groups is 1. The van der Waals surface area contributed by atoms with E-state index in [0.29, 0.717) is 11.6 Å². The van der Waals surface area contributed by atoms with Crippen molar-refractivity contribution in [1.29, 1.82) is 0 Å². The fourth-order valence-electron chi connectivity index (χ4n) is 2.65. The molecule has 1 aromatic carbocycles. The highest BCUT2D eigenvalue weighted by molar-refractivity contribution is 6.31. The van der Waals surface area contributed by atoms with Gasteiger partial charge in [-0.25, -0.2) is 4.79 Å². The van der Waals surface area contributed by atoms with Gasteiger partial charge in [-0.2, -0.15) is 13.2 Å². The number of aryl methyl sites for hydroxylation is 1. The lowest BCUT2D eigenvalue weighted by Gasteiger charge is -2.28. The third-order valence-electron chi connectivity index (χ3n) is 3.96. The summed E-state index contributed by atoms with van der Waals surface area (Å²) >= 11 is 5.96. The maximum Gasteiger partial charge on any atom is 0.451 e. The molecule has 1 aliphatic heterocycles. The minimum absolute atomic E-state index is 0.00461. The van der Waals surface area contributed by atoms with E-state index in [1.165, 1.54) is 4.90 Å². The van der Waals surface area contributed by atoms with Crippen LogP contribution in [0, 0.1) is 6.92 Å². The smallest absolute Gasteiger partial charge is 0.334 e. The fourth-order valence-corrected chi connectivity index (χ4v) is 2.76. The molecular formula is C15H15ClF3N5O. The number of carbonyl (C=O) groups excluding carboxylic acids is 1. The molecule has 0 saturated carbocycles. The van der Waals surface area contributed by atoms with Gasteiger partial charge in [-0.3, -0.25) is 0 Å². The van der Waals surface area contributed by atoms with Crippen molar-refractivity contribution in [3.63, 3.8) is 0 Å². The Morgan fingerprint density at radius 2 is 2.08 bits per heavy atom. The van der Waals surface area contributed by atoms with Gasteiger partial charge in [-0.15, -0.1) is 10.2 Å². The van der Waals surface area contributed by atoms with Crippen LogP contribution in [0.2, 0.25) is 5.02 Å². The van der Waals surface area contributed by atoms with Crippen LogP contribution in [0.15, 0.2) is 18.2 Å². The van der Waals surface area contributed by atoms with Crippen LogP contribution in [-0.4, -0.2) is 32.2 Å². The second-order valence-corrected chi connectivity index (χ2v) is 6.16. The van der Waals surface area contributed by atoms with Crippen molar-refractivity contribution in [2.75, 3.05) is 6.54 Å². The molecule has 1 N–H and O–H groups in total. The van der Waals surface area contributed by atoms with Gasteiger partial charge < -0.3 is 14.8 Å². The van der Waals surface area contributed by atoms with Crippen LogP contribution >= 0.6 is 11.6 Å². The predicted molar refractivity (Wildman–Crippen MR) is 83.9 cm³/mol. The summed E-state index contributed by atoms with van der Waals surface area (Å²) < 4.78 is 39.4. The standard InChI is InChI=1S/C15H15ClF3N5O/c1-9-6-10(2-3-11(9)16)7-20-14(25)23-4-5-24-12(8-23)21-22-13(24)15(17,18)19/h2-3,6H,4-5,7-8H2,1H3,(H,20,25). The molecule has 0 saturated heterocycles. The molecule has 10 heteroatoms. The molecule has 0 spiro atoms. The number of fused-ring (bicyclic) bond motifs is 1. The number of hydrogen-bond donors (Lipinski definition) is 1. The highest BCUT2D eigenvalue weighted by Crippen LogP contribution is 2.29. The molecule has 0 bridgehead atoms. The summed E-state index contributed by atoms with van der Waals surface area (Å²) in [4.78, 5) is 13.7. The summed E-state index contributed by atoms with van der Waals surface area (Å²) in [5.74, 6) is -0.907. The summed E-state index contributed by atoms with van der Waals surface area (Å²) in [5, 5.41) is 10.1. The van der Waals surface area contributed by atoms with E-state index in [1.807, 2.05) is 13.0 Å². The SMILES string of the molecule is Cc1cc(CNC(=O)N2CCn3c(nnc3C(F)(F)F)C2)ccc1Cl. The molecule has 2 amide bonds. The first kappa shape index (κ1) is 17.5. The third-order valence-corrected chi connectivity index (χ3v) is 4.38. The molecule has 0 unspecified atom stereocenters. The van der Waals surface area contributed by atoms with Gasteiger partial charge in [0.15, 0.2) is 5.82 Å². The topological polar surface area (TPSA) is 63.1 Å². The minimum Gasteiger partial charge on any atom is -0.334 e. The predicted octanol–water partition coefficient (Wildman–Crippen LogP) is 2.98. The number of rotatable bonds is 2. The Bertz CT molecular complexity index is 805. The Kier molecular flexibility index (Phi) is 4.59. The molecule has 0 atom stereocenters. The molecule has 2 aromatic rings. The second-order valence-electron chi connectivity index (χ2n) is 5.75. The van der Waals surface area contributed by atoms with Crippen molar-refractivity contribution < 1.29 is 18.0 Å². The molecule has 3 rings (SSSR count). The van der Waals surface area contributed by atoms with Crippen LogP contribution in [0.1, 0.15) is 22.8 Å². The summed E-state index contributed by atoms with van der Waals surface area (Å²) in [5.41, 5.74) is 1.79. The largest absolute Gasteiger partial charge is 0.451 e. The van der Waals surface area contributed by atoms with Crippen LogP contribution < -0.4 is 5.32 Å². The van der Waals surface area contributed by atoms with Crippen molar-refractivity contribution in [3.05, 3.63) is 46.0 Å². The normalized spacial score (nSPS) is 14.4. The molecule has 25 heavy (non-hydrogen) atoms. The number of halogens is 4. The van der Waals surface area contributed by atoms with Crippen molar-refractivity contribution in [3.8, 4) is 0 Å². The van der Waals surface area contributed by atoms with E-state index in [0.717, 1.165) is 15.7 Å². The van der Waals surface area contributed by atoms with Gasteiger partial charge in [0.25, 0.3) is 0 Å². The van der Waals surface area contributed by atoms with Crippen LogP contribution in [0.25, 0.3) is 0 Å². The summed E-state index contributed by atoms with van der Waals surface area (Å²) in [6, 6.07) is 5.05. The lowest BCUT2D eigenvalue weighted by molar-refractivity contribution is -0.147. The number of aromatic nitrogens is 3. The molecule has 1 aliphatic rings. The Hall–Kier alpha value is -2.29. The van der Waals surface area contributed by atoms with E-state index in [4.69, 9.17) is 11.6 Å². The lowest BCUT2D eigenvalue weighted by Crippen LogP contribution is -2.44. The van der Waals surface area contributed by atoms with Crippen molar-refractivity contribution in [1.82, 2.24) is 25.0 Å². The molecule has 6 nitrogen and oxygen atoms in total. The first-order chi connectivity index (χ1) is 11.8. The molecule has 2 heterocycles. The number of amides is 2. The van der Waals surface area contributed by atoms with E-state index in [1.54, 1.807) is 12.1 Å². The van der Waals surface area contributed by atoms with Crippen LogP contribution in [0.3, 0.4) is 0 Å². The lowest BCUT2D eigenvalue weighted by atomic mass is 10.1. The third kappa shape index (κ3) is 3.71. The summed E-state index contributed by atoms with van der Waals surface area (Å²) in [6.45, 7) is 2.30. The molecule has 0 aliphatic carbocycles. The molecule has 0 radical (unpaired) electrons. The summed E-state index contributed by atoms with van der Waals surface area (Å²) in [7, 11) is 0.